The van der Waals surface area contributed by atoms with E-state index in [1.807, 2.05) is 23.9 Å². The topological polar surface area (TPSA) is 61.8 Å². The summed E-state index contributed by atoms with van der Waals surface area (Å²) in [6.07, 6.45) is 2.11. The summed E-state index contributed by atoms with van der Waals surface area (Å²) < 4.78 is 0. The Bertz CT molecular complexity index is 384. The largest absolute Gasteiger partial charge is 0.398 e. The Balaban J connectivity index is 2.56. The number of thioether (sulfide) groups is 1. The molecule has 1 atom stereocenters. The predicted octanol–water partition coefficient (Wildman–Crippen LogP) is 2.55. The van der Waals surface area contributed by atoms with Crippen molar-refractivity contribution in [1.82, 2.24) is 0 Å². The summed E-state index contributed by atoms with van der Waals surface area (Å²) >= 11 is 1.85. The van der Waals surface area contributed by atoms with E-state index in [4.69, 9.17) is 11.0 Å². The number of benzene rings is 1. The van der Waals surface area contributed by atoms with Crippen molar-refractivity contribution in [2.75, 3.05) is 29.6 Å². The maximum absolute atomic E-state index is 8.74. The summed E-state index contributed by atoms with van der Waals surface area (Å²) in [7, 11) is 0. The molecule has 0 bridgehead atoms. The van der Waals surface area contributed by atoms with Crippen molar-refractivity contribution in [3.63, 3.8) is 0 Å². The van der Waals surface area contributed by atoms with E-state index in [2.05, 4.69) is 24.6 Å². The number of nitrogens with one attached hydrogen (secondary N) is 1. The molecule has 0 saturated heterocycles. The maximum Gasteiger partial charge on any atom is 0.101 e. The van der Waals surface area contributed by atoms with Crippen LogP contribution < -0.4 is 11.1 Å². The molecule has 0 amide bonds. The maximum atomic E-state index is 8.74. The molecule has 0 aliphatic rings. The first kappa shape index (κ1) is 12.7. The van der Waals surface area contributed by atoms with Crippen LogP contribution in [0, 0.1) is 17.2 Å². The monoisotopic (exact) mass is 235 g/mol. The van der Waals surface area contributed by atoms with Crippen LogP contribution in [0.4, 0.5) is 11.4 Å². The molecule has 1 aromatic carbocycles. The molecule has 0 aliphatic carbocycles. The van der Waals surface area contributed by atoms with Gasteiger partial charge in [-0.25, -0.2) is 0 Å². The van der Waals surface area contributed by atoms with Gasteiger partial charge < -0.3 is 11.1 Å². The third kappa shape index (κ3) is 3.67. The summed E-state index contributed by atoms with van der Waals surface area (Å²) in [6, 6.07) is 7.50. The third-order valence-electron chi connectivity index (χ3n) is 2.28. The smallest absolute Gasteiger partial charge is 0.101 e. The van der Waals surface area contributed by atoms with Crippen molar-refractivity contribution in [1.29, 1.82) is 5.26 Å². The van der Waals surface area contributed by atoms with Crippen LogP contribution in [0.25, 0.3) is 0 Å². The second-order valence-electron chi connectivity index (χ2n) is 3.86. The zero-order valence-electron chi connectivity index (χ0n) is 9.66. The first-order valence-corrected chi connectivity index (χ1v) is 6.59. The third-order valence-corrected chi connectivity index (χ3v) is 3.18. The minimum Gasteiger partial charge on any atom is -0.398 e. The van der Waals surface area contributed by atoms with Gasteiger partial charge in [-0.15, -0.1) is 0 Å². The van der Waals surface area contributed by atoms with Gasteiger partial charge in [-0.2, -0.15) is 17.0 Å². The predicted molar refractivity (Wildman–Crippen MR) is 71.6 cm³/mol. The Labute approximate surface area is 101 Å². The zero-order valence-corrected chi connectivity index (χ0v) is 10.5. The van der Waals surface area contributed by atoms with Crippen LogP contribution in [0.1, 0.15) is 12.5 Å². The number of hydrogen-bond acceptors (Lipinski definition) is 4. The van der Waals surface area contributed by atoms with Crippen LogP contribution >= 0.6 is 11.8 Å². The van der Waals surface area contributed by atoms with Crippen molar-refractivity contribution in [2.24, 2.45) is 5.92 Å². The number of hydrogen-bond donors (Lipinski definition) is 2. The molecule has 1 rings (SSSR count). The SMILES string of the molecule is CSCC(C)CNc1ccc(C#N)c(N)c1. The summed E-state index contributed by atoms with van der Waals surface area (Å²) in [4.78, 5) is 0. The highest BCUT2D eigenvalue weighted by atomic mass is 32.2. The highest BCUT2D eigenvalue weighted by molar-refractivity contribution is 7.98. The summed E-state index contributed by atoms with van der Waals surface area (Å²) in [5.74, 6) is 1.76. The van der Waals surface area contributed by atoms with Gasteiger partial charge in [0.2, 0.25) is 0 Å². The van der Waals surface area contributed by atoms with E-state index in [1.54, 1.807) is 6.07 Å². The van der Waals surface area contributed by atoms with E-state index in [1.165, 1.54) is 0 Å². The Hall–Kier alpha value is -1.34. The van der Waals surface area contributed by atoms with Crippen LogP contribution in [0.2, 0.25) is 0 Å². The molecule has 0 aliphatic heterocycles. The molecular weight excluding hydrogens is 218 g/mol. The van der Waals surface area contributed by atoms with Gasteiger partial charge in [0.15, 0.2) is 0 Å². The second kappa shape index (κ2) is 6.29. The van der Waals surface area contributed by atoms with E-state index >= 15 is 0 Å². The van der Waals surface area contributed by atoms with E-state index in [0.29, 0.717) is 17.2 Å². The van der Waals surface area contributed by atoms with Crippen molar-refractivity contribution < 1.29 is 0 Å². The minimum atomic E-state index is 0.530. The van der Waals surface area contributed by atoms with Crippen LogP contribution in [0.3, 0.4) is 0 Å². The highest BCUT2D eigenvalue weighted by Gasteiger charge is 2.02. The van der Waals surface area contributed by atoms with Crippen LogP contribution in [0.15, 0.2) is 18.2 Å². The fourth-order valence-electron chi connectivity index (χ4n) is 1.41. The fraction of sp³-hybridized carbons (Fsp3) is 0.417. The van der Waals surface area contributed by atoms with Crippen molar-refractivity contribution in [2.45, 2.75) is 6.92 Å². The standard InChI is InChI=1S/C12H17N3S/c1-9(8-16-2)7-15-11-4-3-10(6-13)12(14)5-11/h3-5,9,15H,7-8,14H2,1-2H3. The number of rotatable bonds is 5. The lowest BCUT2D eigenvalue weighted by Crippen LogP contribution is -2.13. The van der Waals surface area contributed by atoms with Gasteiger partial charge in [0.25, 0.3) is 0 Å². The minimum absolute atomic E-state index is 0.530. The van der Waals surface area contributed by atoms with E-state index in [-0.39, 0.29) is 0 Å². The Morgan fingerprint density at radius 3 is 2.88 bits per heavy atom. The lowest BCUT2D eigenvalue weighted by Gasteiger charge is -2.12. The molecule has 0 saturated carbocycles. The van der Waals surface area contributed by atoms with Gasteiger partial charge in [-0.1, -0.05) is 6.92 Å². The van der Waals surface area contributed by atoms with E-state index < -0.39 is 0 Å². The average molecular weight is 235 g/mol. The molecule has 1 aromatic rings. The molecule has 3 N–H and O–H groups in total. The summed E-state index contributed by atoms with van der Waals surface area (Å²) in [5, 5.41) is 12.1. The van der Waals surface area contributed by atoms with Crippen molar-refractivity contribution >= 4 is 23.1 Å². The molecule has 4 heteroatoms. The Morgan fingerprint density at radius 2 is 2.31 bits per heavy atom. The molecule has 0 fully saturated rings. The molecule has 0 heterocycles. The second-order valence-corrected chi connectivity index (χ2v) is 4.77. The van der Waals surface area contributed by atoms with Gasteiger partial charge in [0, 0.05) is 12.2 Å². The molecule has 3 nitrogen and oxygen atoms in total. The van der Waals surface area contributed by atoms with E-state index in [9.17, 15) is 0 Å². The van der Waals surface area contributed by atoms with E-state index in [0.717, 1.165) is 18.0 Å². The molecule has 86 valence electrons. The normalized spacial score (nSPS) is 11.8. The quantitative estimate of drug-likeness (QED) is 0.770. The van der Waals surface area contributed by atoms with Gasteiger partial charge >= 0.3 is 0 Å². The average Bonchev–Trinajstić information content (AvgIpc) is 2.27. The van der Waals surface area contributed by atoms with Crippen LogP contribution in [-0.4, -0.2) is 18.6 Å². The fourth-order valence-corrected chi connectivity index (χ4v) is 2.10. The molecule has 0 spiro atoms. The number of anilines is 2. The number of nitrogens with two attached hydrogens (primary N) is 1. The number of nitriles is 1. The molecule has 16 heavy (non-hydrogen) atoms. The van der Waals surface area contributed by atoms with Crippen molar-refractivity contribution in [3.05, 3.63) is 23.8 Å². The molecular formula is C12H17N3S. The lowest BCUT2D eigenvalue weighted by atomic mass is 10.1. The van der Waals surface area contributed by atoms with Gasteiger partial charge in [-0.3, -0.25) is 0 Å². The zero-order chi connectivity index (χ0) is 12.0. The Kier molecular flexibility index (Phi) is 5.00. The lowest BCUT2D eigenvalue weighted by molar-refractivity contribution is 0.701. The van der Waals surface area contributed by atoms with Crippen molar-refractivity contribution in [3.8, 4) is 6.07 Å². The van der Waals surface area contributed by atoms with Crippen LogP contribution in [0.5, 0.6) is 0 Å². The van der Waals surface area contributed by atoms with Crippen LogP contribution in [-0.2, 0) is 0 Å². The summed E-state index contributed by atoms with van der Waals surface area (Å²) in [5.41, 5.74) is 7.77. The molecule has 0 radical (unpaired) electrons. The first-order chi connectivity index (χ1) is 7.67. The van der Waals surface area contributed by atoms with Gasteiger partial charge in [0.05, 0.1) is 11.3 Å². The van der Waals surface area contributed by atoms with Gasteiger partial charge in [0.1, 0.15) is 6.07 Å². The number of nitrogen functional groups attached to an aromatic ring is 1. The first-order valence-electron chi connectivity index (χ1n) is 5.19. The highest BCUT2D eigenvalue weighted by Crippen LogP contribution is 2.17. The summed E-state index contributed by atoms with van der Waals surface area (Å²) in [6.45, 7) is 3.13. The Morgan fingerprint density at radius 1 is 1.56 bits per heavy atom. The van der Waals surface area contributed by atoms with Gasteiger partial charge in [-0.05, 0) is 36.1 Å². The number of nitrogens with zero attached hydrogens (tertiary/aromatic N) is 1. The molecule has 1 unspecified atom stereocenters. The molecule has 0 aromatic heterocycles.